The van der Waals surface area contributed by atoms with E-state index < -0.39 is 11.9 Å². The van der Waals surface area contributed by atoms with E-state index in [4.69, 9.17) is 0 Å². The van der Waals surface area contributed by atoms with Gasteiger partial charge in [0.15, 0.2) is 0 Å². The molecule has 0 radical (unpaired) electrons. The summed E-state index contributed by atoms with van der Waals surface area (Å²) < 4.78 is 0. The molecule has 0 aromatic heterocycles. The summed E-state index contributed by atoms with van der Waals surface area (Å²) in [5.74, 6) is -3.09. The summed E-state index contributed by atoms with van der Waals surface area (Å²) in [5.41, 5.74) is 2.25. The highest BCUT2D eigenvalue weighted by molar-refractivity contribution is 6.05. The van der Waals surface area contributed by atoms with E-state index in [1.165, 1.54) is 48.5 Å². The van der Waals surface area contributed by atoms with Gasteiger partial charge in [-0.15, -0.1) is 0 Å². The largest absolute Gasteiger partial charge is 0.545 e. The molecule has 0 saturated carbocycles. The van der Waals surface area contributed by atoms with Crippen LogP contribution in [0.2, 0.25) is 0 Å². The minimum Gasteiger partial charge on any atom is -0.545 e. The Bertz CT molecular complexity index is 1230. The SMILES string of the molecule is C.O=C([O-])c1ccc(C(=O)Nc2ccccc2)cc1.O=C([O-])c1ccc(C(=O)Nc2ccccc2)cc1. The van der Waals surface area contributed by atoms with Crippen molar-refractivity contribution in [2.45, 2.75) is 7.43 Å². The first kappa shape index (κ1) is 28.0. The van der Waals surface area contributed by atoms with Gasteiger partial charge < -0.3 is 30.4 Å². The lowest BCUT2D eigenvalue weighted by Crippen LogP contribution is -2.22. The van der Waals surface area contributed by atoms with Gasteiger partial charge in [-0.05, 0) is 59.7 Å². The summed E-state index contributed by atoms with van der Waals surface area (Å²) in [7, 11) is 0. The summed E-state index contributed by atoms with van der Waals surface area (Å²) in [6.07, 6.45) is 0. The number of carboxylic acids is 2. The summed E-state index contributed by atoms with van der Waals surface area (Å²) in [4.78, 5) is 44.8. The van der Waals surface area contributed by atoms with Crippen molar-refractivity contribution >= 4 is 35.1 Å². The van der Waals surface area contributed by atoms with Crippen LogP contribution >= 0.6 is 0 Å². The Hall–Kier alpha value is -5.24. The van der Waals surface area contributed by atoms with Gasteiger partial charge in [-0.2, -0.15) is 0 Å². The third kappa shape index (κ3) is 8.48. The predicted molar refractivity (Wildman–Crippen MR) is 137 cm³/mol. The Balaban J connectivity index is 0.000000253. The highest BCUT2D eigenvalue weighted by atomic mass is 16.4. The van der Waals surface area contributed by atoms with E-state index in [9.17, 15) is 29.4 Å². The van der Waals surface area contributed by atoms with Crippen molar-refractivity contribution in [1.82, 2.24) is 0 Å². The molecule has 0 saturated heterocycles. The molecule has 0 spiro atoms. The Morgan fingerprint density at radius 1 is 0.432 bits per heavy atom. The first-order valence-corrected chi connectivity index (χ1v) is 10.7. The number of rotatable bonds is 6. The van der Waals surface area contributed by atoms with E-state index in [1.54, 1.807) is 24.3 Å². The fourth-order valence-electron chi connectivity index (χ4n) is 2.96. The molecule has 8 heteroatoms. The van der Waals surface area contributed by atoms with Crippen molar-refractivity contribution in [2.75, 3.05) is 10.6 Å². The van der Waals surface area contributed by atoms with E-state index in [0.29, 0.717) is 22.5 Å². The Labute approximate surface area is 214 Å². The van der Waals surface area contributed by atoms with Gasteiger partial charge >= 0.3 is 0 Å². The monoisotopic (exact) mass is 496 g/mol. The zero-order valence-corrected chi connectivity index (χ0v) is 18.8. The summed E-state index contributed by atoms with van der Waals surface area (Å²) in [5, 5.41) is 26.5. The molecule has 0 aliphatic carbocycles. The number of aromatic carboxylic acids is 2. The molecule has 0 aliphatic rings. The Morgan fingerprint density at radius 2 is 0.703 bits per heavy atom. The van der Waals surface area contributed by atoms with E-state index in [1.807, 2.05) is 36.4 Å². The van der Waals surface area contributed by atoms with Crippen LogP contribution in [0.3, 0.4) is 0 Å². The molecule has 0 atom stereocenters. The molecule has 2 N–H and O–H groups in total. The average molecular weight is 497 g/mol. The van der Waals surface area contributed by atoms with E-state index in [0.717, 1.165) is 0 Å². The maximum atomic E-state index is 11.8. The van der Waals surface area contributed by atoms with Crippen LogP contribution in [0.4, 0.5) is 11.4 Å². The number of carboxylic acid groups (broad SMARTS) is 2. The predicted octanol–water partition coefficient (Wildman–Crippen LogP) is 3.24. The molecule has 0 bridgehead atoms. The van der Waals surface area contributed by atoms with Crippen molar-refractivity contribution < 1.29 is 29.4 Å². The average Bonchev–Trinajstić information content (AvgIpc) is 2.90. The van der Waals surface area contributed by atoms with Gasteiger partial charge in [-0.3, -0.25) is 9.59 Å². The molecule has 0 aliphatic heterocycles. The smallest absolute Gasteiger partial charge is 0.255 e. The second kappa shape index (κ2) is 13.6. The Morgan fingerprint density at radius 3 is 0.973 bits per heavy atom. The first-order valence-electron chi connectivity index (χ1n) is 10.7. The molecule has 4 aromatic carbocycles. The van der Waals surface area contributed by atoms with Gasteiger partial charge in [0.25, 0.3) is 11.8 Å². The maximum Gasteiger partial charge on any atom is 0.255 e. The van der Waals surface area contributed by atoms with E-state index in [2.05, 4.69) is 10.6 Å². The molecule has 0 heterocycles. The van der Waals surface area contributed by atoms with Gasteiger partial charge in [0.05, 0.1) is 11.9 Å². The fourth-order valence-corrected chi connectivity index (χ4v) is 2.96. The number of carbonyl (C=O) groups is 4. The van der Waals surface area contributed by atoms with Crippen LogP contribution < -0.4 is 20.8 Å². The van der Waals surface area contributed by atoms with Crippen LogP contribution in [0.1, 0.15) is 48.9 Å². The lowest BCUT2D eigenvalue weighted by Gasteiger charge is -2.06. The maximum absolute atomic E-state index is 11.8. The van der Waals surface area contributed by atoms with Crippen LogP contribution in [0, 0.1) is 0 Å². The zero-order chi connectivity index (χ0) is 25.9. The number of hydrogen-bond acceptors (Lipinski definition) is 6. The van der Waals surface area contributed by atoms with Gasteiger partial charge in [0, 0.05) is 22.5 Å². The number of benzene rings is 4. The van der Waals surface area contributed by atoms with Gasteiger partial charge in [-0.25, -0.2) is 0 Å². The number of nitrogens with one attached hydrogen (secondary N) is 2. The second-order valence-electron chi connectivity index (χ2n) is 7.37. The normalized spacial score (nSPS) is 9.51. The van der Waals surface area contributed by atoms with Crippen molar-refractivity contribution in [3.63, 3.8) is 0 Å². The lowest BCUT2D eigenvalue weighted by atomic mass is 10.1. The Kier molecular flexibility index (Phi) is 10.3. The van der Waals surface area contributed by atoms with Gasteiger partial charge in [0.1, 0.15) is 0 Å². The molecular formula is C29H24N2O6-2. The van der Waals surface area contributed by atoms with Crippen molar-refractivity contribution in [3.8, 4) is 0 Å². The summed E-state index contributed by atoms with van der Waals surface area (Å²) >= 11 is 0. The number of anilines is 2. The molecule has 8 nitrogen and oxygen atoms in total. The topological polar surface area (TPSA) is 138 Å². The molecule has 4 aromatic rings. The highest BCUT2D eigenvalue weighted by Gasteiger charge is 2.06. The van der Waals surface area contributed by atoms with Crippen molar-refractivity contribution in [2.24, 2.45) is 0 Å². The van der Waals surface area contributed by atoms with E-state index >= 15 is 0 Å². The van der Waals surface area contributed by atoms with Crippen LogP contribution in [-0.2, 0) is 0 Å². The number of carbonyl (C=O) groups excluding carboxylic acids is 4. The molecule has 0 fully saturated rings. The second-order valence-corrected chi connectivity index (χ2v) is 7.37. The third-order valence-electron chi connectivity index (χ3n) is 4.83. The number of amides is 2. The lowest BCUT2D eigenvalue weighted by molar-refractivity contribution is -0.256. The van der Waals surface area contributed by atoms with Crippen LogP contribution in [0.5, 0.6) is 0 Å². The minimum absolute atomic E-state index is 0. The van der Waals surface area contributed by atoms with Crippen molar-refractivity contribution in [1.29, 1.82) is 0 Å². The molecule has 0 unspecified atom stereocenters. The number of hydrogen-bond donors (Lipinski definition) is 2. The molecule has 37 heavy (non-hydrogen) atoms. The third-order valence-corrected chi connectivity index (χ3v) is 4.83. The molecular weight excluding hydrogens is 472 g/mol. The van der Waals surface area contributed by atoms with Gasteiger partial charge in [0.2, 0.25) is 0 Å². The van der Waals surface area contributed by atoms with Crippen LogP contribution in [0.15, 0.2) is 109 Å². The van der Waals surface area contributed by atoms with Crippen LogP contribution in [0.25, 0.3) is 0 Å². The van der Waals surface area contributed by atoms with Gasteiger partial charge in [-0.1, -0.05) is 68.1 Å². The van der Waals surface area contributed by atoms with Crippen molar-refractivity contribution in [3.05, 3.63) is 131 Å². The van der Waals surface area contributed by atoms with E-state index in [-0.39, 0.29) is 30.4 Å². The summed E-state index contributed by atoms with van der Waals surface area (Å²) in [6, 6.07) is 29.2. The zero-order valence-electron chi connectivity index (χ0n) is 18.8. The quantitative estimate of drug-likeness (QED) is 0.420. The van der Waals surface area contributed by atoms with Crippen LogP contribution in [-0.4, -0.2) is 23.8 Å². The standard InChI is InChI=1S/2C14H11NO3.CH4/c2*16-13(15-12-4-2-1-3-5-12)10-6-8-11(9-7-10)14(17)18;/h2*1-9H,(H,15,16)(H,17,18);1H4/p-2. The highest BCUT2D eigenvalue weighted by Crippen LogP contribution is 2.11. The number of para-hydroxylation sites is 2. The minimum atomic E-state index is -1.26. The molecule has 188 valence electrons. The fraction of sp³-hybridized carbons (Fsp3) is 0.0345. The first-order chi connectivity index (χ1) is 17.3. The molecule has 4 rings (SSSR count). The summed E-state index contributed by atoms with van der Waals surface area (Å²) in [6.45, 7) is 0. The molecule has 2 amide bonds.